The van der Waals surface area contributed by atoms with Gasteiger partial charge in [0, 0.05) is 13.0 Å². The zero-order valence-electron chi connectivity index (χ0n) is 20.5. The zero-order valence-corrected chi connectivity index (χ0v) is 20.5. The Morgan fingerprint density at radius 3 is 1.32 bits per heavy atom. The molecule has 0 spiro atoms. The summed E-state index contributed by atoms with van der Waals surface area (Å²) in [6.07, 6.45) is 20.9. The van der Waals surface area contributed by atoms with E-state index in [0.717, 1.165) is 6.42 Å². The van der Waals surface area contributed by atoms with Crippen LogP contribution in [-0.2, 0) is 14.5 Å². The summed E-state index contributed by atoms with van der Waals surface area (Å²) in [5, 5.41) is 18.0. The van der Waals surface area contributed by atoms with E-state index in [9.17, 15) is 4.79 Å². The highest BCUT2D eigenvalue weighted by atomic mass is 16.9. The molecule has 0 atom stereocenters. The number of hydroxylamine groups is 2. The highest BCUT2D eigenvalue weighted by Gasteiger charge is 2.00. The second-order valence-electron chi connectivity index (χ2n) is 7.93. The molecule has 0 aliphatic rings. The molecule has 0 aliphatic carbocycles. The minimum atomic E-state index is -0.153. The molecule has 1 amide bonds. The van der Waals surface area contributed by atoms with Crippen LogP contribution in [0.1, 0.15) is 117 Å². The largest absolute Gasteiger partial charge is 0.394 e. The van der Waals surface area contributed by atoms with Gasteiger partial charge in [-0.25, -0.2) is 0 Å². The number of nitrogens with zero attached hydrogens (tertiary/aromatic N) is 1. The number of primary amides is 1. The highest BCUT2D eigenvalue weighted by molar-refractivity contribution is 5.73. The van der Waals surface area contributed by atoms with E-state index in [4.69, 9.17) is 25.6 Å². The summed E-state index contributed by atoms with van der Waals surface area (Å²) in [6, 6.07) is 0. The van der Waals surface area contributed by atoms with Gasteiger partial charge in [-0.2, -0.15) is 0 Å². The Morgan fingerprint density at radius 2 is 1.03 bits per heavy atom. The van der Waals surface area contributed by atoms with Crippen molar-refractivity contribution >= 4 is 5.91 Å². The van der Waals surface area contributed by atoms with Crippen LogP contribution in [0.2, 0.25) is 0 Å². The van der Waals surface area contributed by atoms with Gasteiger partial charge < -0.3 is 15.9 Å². The van der Waals surface area contributed by atoms with Crippen LogP contribution in [0.5, 0.6) is 0 Å². The molecular formula is C24H52N2O5. The number of hydrogen-bond acceptors (Lipinski definition) is 6. The lowest BCUT2D eigenvalue weighted by Gasteiger charge is -2.17. The first kappa shape index (κ1) is 32.4. The van der Waals surface area contributed by atoms with Crippen LogP contribution < -0.4 is 5.73 Å². The molecule has 0 fully saturated rings. The fraction of sp³-hybridized carbons (Fsp3) is 0.958. The highest BCUT2D eigenvalue weighted by Crippen LogP contribution is 2.13. The van der Waals surface area contributed by atoms with E-state index in [2.05, 4.69) is 6.92 Å². The minimum absolute atomic E-state index is 0.0427. The topological polar surface area (TPSA) is 105 Å². The number of rotatable bonds is 23. The van der Waals surface area contributed by atoms with Crippen molar-refractivity contribution in [2.75, 3.05) is 33.0 Å². The summed E-state index contributed by atoms with van der Waals surface area (Å²) >= 11 is 0. The summed E-state index contributed by atoms with van der Waals surface area (Å²) in [6.45, 7) is 5.00. The van der Waals surface area contributed by atoms with E-state index in [1.807, 2.05) is 6.92 Å². The minimum Gasteiger partial charge on any atom is -0.394 e. The Labute approximate surface area is 191 Å². The van der Waals surface area contributed by atoms with Crippen LogP contribution in [0.15, 0.2) is 0 Å². The molecule has 7 nitrogen and oxygen atoms in total. The fourth-order valence-corrected chi connectivity index (χ4v) is 3.18. The SMILES string of the molecule is CCCCCCCCCCCCCCCCCC(N)=O.CCN(OCCO)OCCO. The maximum atomic E-state index is 10.6. The average Bonchev–Trinajstić information content (AvgIpc) is 2.77. The summed E-state index contributed by atoms with van der Waals surface area (Å²) in [7, 11) is 0. The second-order valence-corrected chi connectivity index (χ2v) is 7.93. The molecular weight excluding hydrogens is 396 g/mol. The predicted octanol–water partition coefficient (Wildman–Crippen LogP) is 4.89. The second kappa shape index (κ2) is 29.3. The summed E-state index contributed by atoms with van der Waals surface area (Å²) in [5.41, 5.74) is 5.11. The summed E-state index contributed by atoms with van der Waals surface area (Å²) in [5.74, 6) is -0.153. The number of unbranched alkanes of at least 4 members (excludes halogenated alkanes) is 14. The maximum Gasteiger partial charge on any atom is 0.217 e. The molecule has 0 aromatic rings. The Balaban J connectivity index is 0. The molecule has 0 heterocycles. The average molecular weight is 449 g/mol. The molecule has 0 rings (SSSR count). The van der Waals surface area contributed by atoms with E-state index in [0.29, 0.717) is 13.0 Å². The Kier molecular flexibility index (Phi) is 30.6. The van der Waals surface area contributed by atoms with Gasteiger partial charge in [-0.1, -0.05) is 102 Å². The van der Waals surface area contributed by atoms with Gasteiger partial charge in [-0.15, -0.1) is 0 Å². The number of carbonyl (C=O) groups is 1. The predicted molar refractivity (Wildman–Crippen MR) is 127 cm³/mol. The van der Waals surface area contributed by atoms with Crippen molar-refractivity contribution in [2.45, 2.75) is 117 Å². The van der Waals surface area contributed by atoms with E-state index in [1.165, 1.54) is 95.1 Å². The molecule has 7 heteroatoms. The van der Waals surface area contributed by atoms with Gasteiger partial charge in [0.25, 0.3) is 0 Å². The van der Waals surface area contributed by atoms with E-state index in [-0.39, 0.29) is 32.3 Å². The first-order valence-corrected chi connectivity index (χ1v) is 12.7. The molecule has 31 heavy (non-hydrogen) atoms. The van der Waals surface area contributed by atoms with E-state index < -0.39 is 0 Å². The van der Waals surface area contributed by atoms with Gasteiger partial charge in [0.2, 0.25) is 5.91 Å². The molecule has 0 aliphatic heterocycles. The molecule has 0 saturated heterocycles. The third kappa shape index (κ3) is 31.5. The number of aliphatic hydroxyl groups excluding tert-OH is 2. The van der Waals surface area contributed by atoms with Crippen molar-refractivity contribution in [1.82, 2.24) is 5.23 Å². The van der Waals surface area contributed by atoms with Crippen LogP contribution in [0.25, 0.3) is 0 Å². The fourth-order valence-electron chi connectivity index (χ4n) is 3.18. The van der Waals surface area contributed by atoms with Gasteiger partial charge in [-0.3, -0.25) is 14.5 Å². The smallest absolute Gasteiger partial charge is 0.217 e. The van der Waals surface area contributed by atoms with E-state index >= 15 is 0 Å². The van der Waals surface area contributed by atoms with Crippen molar-refractivity contribution in [1.29, 1.82) is 0 Å². The van der Waals surface area contributed by atoms with Crippen molar-refractivity contribution in [3.05, 3.63) is 0 Å². The number of hydrogen-bond donors (Lipinski definition) is 3. The van der Waals surface area contributed by atoms with Gasteiger partial charge in [0.15, 0.2) is 0 Å². The molecule has 0 radical (unpaired) electrons. The summed E-state index contributed by atoms with van der Waals surface area (Å²) < 4.78 is 0. The van der Waals surface area contributed by atoms with Crippen LogP contribution >= 0.6 is 0 Å². The Morgan fingerprint density at radius 1 is 0.677 bits per heavy atom. The number of aliphatic hydroxyl groups is 2. The number of carbonyl (C=O) groups excluding carboxylic acids is 1. The normalized spacial score (nSPS) is 10.9. The number of amides is 1. The first-order valence-electron chi connectivity index (χ1n) is 12.7. The van der Waals surface area contributed by atoms with E-state index in [1.54, 1.807) is 0 Å². The van der Waals surface area contributed by atoms with Gasteiger partial charge in [-0.05, 0) is 13.3 Å². The van der Waals surface area contributed by atoms with Crippen LogP contribution in [-0.4, -0.2) is 54.3 Å². The molecule has 188 valence electrons. The number of nitrogens with two attached hydrogens (primary N) is 1. The Bertz CT molecular complexity index is 338. The van der Waals surface area contributed by atoms with Crippen LogP contribution in [0, 0.1) is 0 Å². The zero-order chi connectivity index (χ0) is 23.4. The quantitative estimate of drug-likeness (QED) is 0.152. The Hall–Kier alpha value is -0.730. The van der Waals surface area contributed by atoms with Gasteiger partial charge >= 0.3 is 0 Å². The third-order valence-electron chi connectivity index (χ3n) is 4.94. The molecule has 0 saturated carbocycles. The molecule has 0 aromatic heterocycles. The van der Waals surface area contributed by atoms with Gasteiger partial charge in [0.1, 0.15) is 0 Å². The maximum absolute atomic E-state index is 10.6. The molecule has 0 aromatic carbocycles. The lowest BCUT2D eigenvalue weighted by atomic mass is 10.0. The molecule has 0 bridgehead atoms. The van der Waals surface area contributed by atoms with Crippen molar-refractivity contribution < 1.29 is 24.7 Å². The van der Waals surface area contributed by atoms with Gasteiger partial charge in [0.05, 0.1) is 26.4 Å². The van der Waals surface area contributed by atoms with Crippen LogP contribution in [0.4, 0.5) is 0 Å². The first-order chi connectivity index (χ1) is 15.1. The standard InChI is InChI=1S/C18H37NO.C6H15NO4/c1-2-3-4-5-6-7-8-9-10-11-12-13-14-15-16-17-18(19)20;1-2-7(10-5-3-8)11-6-4-9/h2-17H2,1H3,(H2,19,20);8-9H,2-6H2,1H3. The van der Waals surface area contributed by atoms with Crippen LogP contribution in [0.3, 0.4) is 0 Å². The third-order valence-corrected chi connectivity index (χ3v) is 4.94. The van der Waals surface area contributed by atoms with Crippen molar-refractivity contribution in [3.8, 4) is 0 Å². The lowest BCUT2D eigenvalue weighted by Crippen LogP contribution is -2.26. The molecule has 0 unspecified atom stereocenters. The van der Waals surface area contributed by atoms with Crippen molar-refractivity contribution in [2.24, 2.45) is 5.73 Å². The molecule has 4 N–H and O–H groups in total. The monoisotopic (exact) mass is 448 g/mol. The lowest BCUT2D eigenvalue weighted by molar-refractivity contribution is -0.369. The summed E-state index contributed by atoms with van der Waals surface area (Å²) in [4.78, 5) is 20.3. The van der Waals surface area contributed by atoms with Crippen molar-refractivity contribution in [3.63, 3.8) is 0 Å².